The Balaban J connectivity index is 1.52. The van der Waals surface area contributed by atoms with Crippen molar-refractivity contribution in [2.45, 2.75) is 31.4 Å². The third kappa shape index (κ3) is 3.58. The maximum atomic E-state index is 12.8. The first kappa shape index (κ1) is 16.7. The smallest absolute Gasteiger partial charge is 0.251 e. The fourth-order valence-electron chi connectivity index (χ4n) is 3.54. The van der Waals surface area contributed by atoms with Crippen molar-refractivity contribution in [2.24, 2.45) is 5.92 Å². The topological polar surface area (TPSA) is 75.1 Å². The summed E-state index contributed by atoms with van der Waals surface area (Å²) in [7, 11) is 0. The van der Waals surface area contributed by atoms with Crippen molar-refractivity contribution in [3.05, 3.63) is 72.2 Å². The summed E-state index contributed by atoms with van der Waals surface area (Å²) in [6.07, 6.45) is 7.23. The van der Waals surface area contributed by atoms with Crippen LogP contribution < -0.4 is 5.32 Å². The van der Waals surface area contributed by atoms with Gasteiger partial charge in [0.1, 0.15) is 0 Å². The number of nitrogens with zero attached hydrogens (tertiary/aromatic N) is 2. The van der Waals surface area contributed by atoms with Gasteiger partial charge in [0.25, 0.3) is 5.91 Å². The number of aliphatic hydroxyl groups is 1. The van der Waals surface area contributed by atoms with Crippen LogP contribution in [-0.4, -0.2) is 33.1 Å². The summed E-state index contributed by atoms with van der Waals surface area (Å²) < 4.78 is 0. The molecule has 0 radical (unpaired) electrons. The summed E-state index contributed by atoms with van der Waals surface area (Å²) in [5, 5.41) is 13.8. The van der Waals surface area contributed by atoms with Crippen LogP contribution in [0.3, 0.4) is 0 Å². The third-order valence-corrected chi connectivity index (χ3v) is 5.11. The minimum atomic E-state index is -0.247. The van der Waals surface area contributed by atoms with Crippen LogP contribution in [0, 0.1) is 5.92 Å². The van der Waals surface area contributed by atoms with Crippen LogP contribution in [0.15, 0.2) is 61.1 Å². The maximum Gasteiger partial charge on any atom is 0.251 e. The summed E-state index contributed by atoms with van der Waals surface area (Å²) in [5.74, 6) is 0.209. The molecule has 1 aliphatic rings. The molecular formula is C21H21N3O2. The van der Waals surface area contributed by atoms with E-state index in [0.29, 0.717) is 11.5 Å². The van der Waals surface area contributed by atoms with E-state index in [0.717, 1.165) is 35.7 Å². The molecule has 3 aromatic rings. The first-order chi connectivity index (χ1) is 12.7. The van der Waals surface area contributed by atoms with Gasteiger partial charge in [-0.3, -0.25) is 14.8 Å². The van der Waals surface area contributed by atoms with E-state index in [2.05, 4.69) is 15.3 Å². The first-order valence-corrected chi connectivity index (χ1v) is 8.91. The summed E-state index contributed by atoms with van der Waals surface area (Å²) in [5.41, 5.74) is 2.64. The molecule has 1 aromatic carbocycles. The van der Waals surface area contributed by atoms with Gasteiger partial charge in [-0.15, -0.1) is 0 Å². The van der Waals surface area contributed by atoms with Crippen LogP contribution in [0.4, 0.5) is 0 Å². The zero-order valence-electron chi connectivity index (χ0n) is 14.4. The molecule has 5 heteroatoms. The Bertz CT molecular complexity index is 907. The van der Waals surface area contributed by atoms with E-state index >= 15 is 0 Å². The zero-order valence-corrected chi connectivity index (χ0v) is 14.4. The quantitative estimate of drug-likeness (QED) is 0.744. The monoisotopic (exact) mass is 347 g/mol. The molecule has 1 amide bonds. The molecule has 4 rings (SSSR count). The molecule has 0 aliphatic heterocycles. The Morgan fingerprint density at radius 3 is 2.73 bits per heavy atom. The number of nitrogens with one attached hydrogen (secondary N) is 1. The van der Waals surface area contributed by atoms with Crippen LogP contribution in [0.1, 0.15) is 28.8 Å². The average molecular weight is 347 g/mol. The largest absolute Gasteiger partial charge is 0.393 e. The van der Waals surface area contributed by atoms with Gasteiger partial charge in [0, 0.05) is 35.6 Å². The maximum absolute atomic E-state index is 12.8. The van der Waals surface area contributed by atoms with Gasteiger partial charge in [-0.25, -0.2) is 0 Å². The molecule has 2 heterocycles. The van der Waals surface area contributed by atoms with E-state index in [9.17, 15) is 9.90 Å². The van der Waals surface area contributed by atoms with Gasteiger partial charge >= 0.3 is 0 Å². The number of fused-ring (bicyclic) bond motifs is 1. The van der Waals surface area contributed by atoms with Gasteiger partial charge < -0.3 is 10.4 Å². The Hall–Kier alpha value is -2.79. The standard InChI is InChI=1S/C21H21N3O2/c25-18-12-17(13-18)20(10-14-5-8-22-9-6-14)24-21(26)16-3-4-19-15(11-16)2-1-7-23-19/h1-9,11,17-18,20,25H,10,12-13H2,(H,24,26)/t17?,18?,20-/m1/s1. The van der Waals surface area contributed by atoms with Crippen molar-refractivity contribution in [3.8, 4) is 0 Å². The molecule has 1 atom stereocenters. The highest BCUT2D eigenvalue weighted by Gasteiger charge is 2.34. The normalized spacial score (nSPS) is 20.3. The number of amides is 1. The first-order valence-electron chi connectivity index (χ1n) is 8.91. The summed E-state index contributed by atoms with van der Waals surface area (Å²) in [6, 6.07) is 13.3. The number of carbonyl (C=O) groups excluding carboxylic acids is 1. The second-order valence-electron chi connectivity index (χ2n) is 6.94. The van der Waals surface area contributed by atoms with E-state index in [-0.39, 0.29) is 18.1 Å². The Morgan fingerprint density at radius 2 is 1.96 bits per heavy atom. The lowest BCUT2D eigenvalue weighted by atomic mass is 9.75. The highest BCUT2D eigenvalue weighted by molar-refractivity contribution is 5.98. The average Bonchev–Trinajstić information content (AvgIpc) is 2.65. The van der Waals surface area contributed by atoms with E-state index in [1.165, 1.54) is 0 Å². The minimum absolute atomic E-state index is 0.00195. The molecule has 0 saturated heterocycles. The van der Waals surface area contributed by atoms with Gasteiger partial charge in [-0.05, 0) is 67.1 Å². The van der Waals surface area contributed by atoms with E-state index in [1.54, 1.807) is 18.6 Å². The fraction of sp³-hybridized carbons (Fsp3) is 0.286. The summed E-state index contributed by atoms with van der Waals surface area (Å²) in [6.45, 7) is 0. The number of benzene rings is 1. The zero-order chi connectivity index (χ0) is 17.9. The number of aliphatic hydroxyl groups excluding tert-OH is 1. The molecule has 1 fully saturated rings. The van der Waals surface area contributed by atoms with Gasteiger partial charge in [-0.1, -0.05) is 6.07 Å². The lowest BCUT2D eigenvalue weighted by molar-refractivity contribution is 0.0239. The Labute approximate surface area is 152 Å². The minimum Gasteiger partial charge on any atom is -0.393 e. The predicted octanol–water partition coefficient (Wildman–Crippen LogP) is 2.74. The van der Waals surface area contributed by atoms with Crippen LogP contribution >= 0.6 is 0 Å². The summed E-state index contributed by atoms with van der Waals surface area (Å²) >= 11 is 0. The van der Waals surface area contributed by atoms with Crippen molar-refractivity contribution < 1.29 is 9.90 Å². The molecule has 2 aromatic heterocycles. The van der Waals surface area contributed by atoms with Crippen molar-refractivity contribution in [2.75, 3.05) is 0 Å². The lowest BCUT2D eigenvalue weighted by Gasteiger charge is -2.38. The third-order valence-electron chi connectivity index (χ3n) is 5.11. The van der Waals surface area contributed by atoms with E-state index < -0.39 is 0 Å². The summed E-state index contributed by atoms with van der Waals surface area (Å²) in [4.78, 5) is 21.1. The van der Waals surface area contributed by atoms with Gasteiger partial charge in [0.15, 0.2) is 0 Å². The molecule has 0 unspecified atom stereocenters. The van der Waals surface area contributed by atoms with E-state index in [1.807, 2.05) is 42.5 Å². The van der Waals surface area contributed by atoms with Crippen molar-refractivity contribution >= 4 is 16.8 Å². The van der Waals surface area contributed by atoms with Crippen LogP contribution in [0.25, 0.3) is 10.9 Å². The highest BCUT2D eigenvalue weighted by Crippen LogP contribution is 2.32. The predicted molar refractivity (Wildman–Crippen MR) is 99.7 cm³/mol. The number of rotatable bonds is 5. The lowest BCUT2D eigenvalue weighted by Crippen LogP contribution is -2.48. The van der Waals surface area contributed by atoms with Gasteiger partial charge in [-0.2, -0.15) is 0 Å². The van der Waals surface area contributed by atoms with Crippen molar-refractivity contribution in [1.82, 2.24) is 15.3 Å². The van der Waals surface area contributed by atoms with Gasteiger partial charge in [0.05, 0.1) is 11.6 Å². The van der Waals surface area contributed by atoms with Crippen LogP contribution in [-0.2, 0) is 6.42 Å². The van der Waals surface area contributed by atoms with E-state index in [4.69, 9.17) is 0 Å². The molecule has 5 nitrogen and oxygen atoms in total. The number of aromatic nitrogens is 2. The fourth-order valence-corrected chi connectivity index (χ4v) is 3.54. The highest BCUT2D eigenvalue weighted by atomic mass is 16.3. The molecule has 0 spiro atoms. The number of hydrogen-bond acceptors (Lipinski definition) is 4. The SMILES string of the molecule is O=C(N[C@H](Cc1ccncc1)C1CC(O)C1)c1ccc2ncccc2c1. The molecule has 2 N–H and O–H groups in total. The molecular weight excluding hydrogens is 326 g/mol. The number of carbonyl (C=O) groups is 1. The number of hydrogen-bond donors (Lipinski definition) is 2. The number of pyridine rings is 2. The molecule has 1 aliphatic carbocycles. The molecule has 26 heavy (non-hydrogen) atoms. The molecule has 132 valence electrons. The molecule has 1 saturated carbocycles. The second kappa shape index (κ2) is 7.22. The van der Waals surface area contributed by atoms with Crippen molar-refractivity contribution in [1.29, 1.82) is 0 Å². The Morgan fingerprint density at radius 1 is 1.15 bits per heavy atom. The Kier molecular flexibility index (Phi) is 4.63. The molecule has 0 bridgehead atoms. The van der Waals surface area contributed by atoms with Crippen LogP contribution in [0.2, 0.25) is 0 Å². The second-order valence-corrected chi connectivity index (χ2v) is 6.94. The van der Waals surface area contributed by atoms with Gasteiger partial charge in [0.2, 0.25) is 0 Å². The van der Waals surface area contributed by atoms with Crippen molar-refractivity contribution in [3.63, 3.8) is 0 Å². The van der Waals surface area contributed by atoms with Crippen LogP contribution in [0.5, 0.6) is 0 Å².